The summed E-state index contributed by atoms with van der Waals surface area (Å²) in [6.45, 7) is 4.35. The largest absolute Gasteiger partial charge is 0.465 e. The normalized spacial score (nSPS) is 21.6. The highest BCUT2D eigenvalue weighted by Crippen LogP contribution is 2.32. The Kier molecular flexibility index (Phi) is 7.85. The molecule has 186 valence electrons. The lowest BCUT2D eigenvalue weighted by molar-refractivity contribution is -0.139. The molecule has 2 aliphatic rings. The summed E-state index contributed by atoms with van der Waals surface area (Å²) in [6, 6.07) is 15.0. The number of benzene rings is 2. The highest BCUT2D eigenvalue weighted by atomic mass is 127. The molecule has 3 amide bonds. The number of nitrogens with one attached hydrogen (secondary N) is 2. The van der Waals surface area contributed by atoms with Gasteiger partial charge in [0, 0.05) is 16.2 Å². The van der Waals surface area contributed by atoms with Gasteiger partial charge in [0.1, 0.15) is 12.1 Å². The van der Waals surface area contributed by atoms with E-state index in [4.69, 9.17) is 0 Å². The summed E-state index contributed by atoms with van der Waals surface area (Å²) in [5.41, 5.74) is 3.29. The van der Waals surface area contributed by atoms with Gasteiger partial charge in [0.2, 0.25) is 11.8 Å². The molecule has 7 nitrogen and oxygen atoms in total. The Hall–Kier alpha value is -2.40. The standard InChI is InChI=1S/C26H32IN3O4Si/c1-35(2)15-23(24(31)28-21-9-5-7-18-6-3-4-8-20(18)21)30(16-35)25(32)22(29-26(33)34)14-17-10-12-19(27)13-11-17/h3-4,6,8,10-13,21-23,29H,5,7,9,14-16H2,1-2H3,(H,28,31)(H,33,34)/t21-,22?,23?/m1/s1. The minimum atomic E-state index is -1.85. The Bertz CT molecular complexity index is 1110. The summed E-state index contributed by atoms with van der Waals surface area (Å²) in [5, 5.41) is 15.1. The average Bonchev–Trinajstić information content (AvgIpc) is 3.15. The average molecular weight is 606 g/mol. The number of carbonyl (C=O) groups excluding carboxylic acids is 2. The zero-order valence-corrected chi connectivity index (χ0v) is 23.2. The van der Waals surface area contributed by atoms with Crippen LogP contribution in [0.5, 0.6) is 0 Å². The van der Waals surface area contributed by atoms with Crippen LogP contribution in [-0.4, -0.2) is 54.2 Å². The van der Waals surface area contributed by atoms with Crippen LogP contribution in [0.4, 0.5) is 4.79 Å². The van der Waals surface area contributed by atoms with Gasteiger partial charge in [0.25, 0.3) is 0 Å². The van der Waals surface area contributed by atoms with Crippen molar-refractivity contribution in [2.45, 2.75) is 62.9 Å². The summed E-state index contributed by atoms with van der Waals surface area (Å²) in [6.07, 6.45) is 2.43. The molecule has 1 aliphatic carbocycles. The first kappa shape index (κ1) is 25.7. The SMILES string of the molecule is C[Si]1(C)CC(C(=O)N[C@@H]2CCCc3ccccc32)N(C(=O)C(Cc2ccc(I)cc2)NC(=O)O)C1. The Morgan fingerprint density at radius 2 is 1.86 bits per heavy atom. The van der Waals surface area contributed by atoms with Crippen molar-refractivity contribution in [1.82, 2.24) is 15.5 Å². The highest BCUT2D eigenvalue weighted by Gasteiger charge is 2.46. The van der Waals surface area contributed by atoms with E-state index in [1.807, 2.05) is 36.4 Å². The Morgan fingerprint density at radius 3 is 2.57 bits per heavy atom. The van der Waals surface area contributed by atoms with Crippen molar-refractivity contribution < 1.29 is 19.5 Å². The van der Waals surface area contributed by atoms with Gasteiger partial charge in [-0.1, -0.05) is 49.5 Å². The molecule has 0 radical (unpaired) electrons. The number of amides is 3. The number of fused-ring (bicyclic) bond motifs is 1. The van der Waals surface area contributed by atoms with Crippen molar-refractivity contribution in [3.63, 3.8) is 0 Å². The maximum atomic E-state index is 13.7. The summed E-state index contributed by atoms with van der Waals surface area (Å²) in [4.78, 5) is 40.4. The van der Waals surface area contributed by atoms with Gasteiger partial charge in [-0.05, 0) is 76.7 Å². The van der Waals surface area contributed by atoms with Crippen molar-refractivity contribution in [3.8, 4) is 0 Å². The van der Waals surface area contributed by atoms with E-state index >= 15 is 0 Å². The molecule has 1 fully saturated rings. The number of hydrogen-bond donors (Lipinski definition) is 3. The third kappa shape index (κ3) is 6.24. The number of aryl methyl sites for hydroxylation is 1. The lowest BCUT2D eigenvalue weighted by atomic mass is 9.87. The van der Waals surface area contributed by atoms with Crippen LogP contribution in [-0.2, 0) is 22.4 Å². The third-order valence-corrected chi connectivity index (χ3v) is 10.3. The maximum absolute atomic E-state index is 13.7. The monoisotopic (exact) mass is 605 g/mol. The van der Waals surface area contributed by atoms with Crippen LogP contribution in [0.15, 0.2) is 48.5 Å². The predicted molar refractivity (Wildman–Crippen MR) is 146 cm³/mol. The van der Waals surface area contributed by atoms with Crippen molar-refractivity contribution in [1.29, 1.82) is 0 Å². The first-order valence-corrected chi connectivity index (χ1v) is 16.5. The minimum Gasteiger partial charge on any atom is -0.465 e. The van der Waals surface area contributed by atoms with Gasteiger partial charge < -0.3 is 20.6 Å². The minimum absolute atomic E-state index is 0.0606. The van der Waals surface area contributed by atoms with Gasteiger partial charge in [0.15, 0.2) is 0 Å². The third-order valence-electron chi connectivity index (χ3n) is 6.94. The van der Waals surface area contributed by atoms with E-state index in [1.54, 1.807) is 4.90 Å². The zero-order valence-electron chi connectivity index (χ0n) is 20.1. The van der Waals surface area contributed by atoms with Crippen molar-refractivity contribution in [2.24, 2.45) is 0 Å². The second-order valence-corrected chi connectivity index (χ2v) is 16.6. The summed E-state index contributed by atoms with van der Waals surface area (Å²) in [7, 11) is -1.85. The molecule has 35 heavy (non-hydrogen) atoms. The van der Waals surface area contributed by atoms with Crippen LogP contribution in [0.3, 0.4) is 0 Å². The highest BCUT2D eigenvalue weighted by molar-refractivity contribution is 14.1. The molecule has 2 unspecified atom stereocenters. The molecule has 1 heterocycles. The van der Waals surface area contributed by atoms with E-state index < -0.39 is 26.3 Å². The second kappa shape index (κ2) is 10.7. The molecule has 2 aromatic carbocycles. The van der Waals surface area contributed by atoms with Gasteiger partial charge in [-0.25, -0.2) is 4.79 Å². The van der Waals surface area contributed by atoms with Crippen LogP contribution in [0, 0.1) is 3.57 Å². The molecule has 0 spiro atoms. The number of carboxylic acid groups (broad SMARTS) is 1. The van der Waals surface area contributed by atoms with Gasteiger partial charge in [0.05, 0.1) is 14.1 Å². The number of carbonyl (C=O) groups is 3. The quantitative estimate of drug-likeness (QED) is 0.341. The molecule has 0 aromatic heterocycles. The van der Waals surface area contributed by atoms with Crippen molar-refractivity contribution in [2.75, 3.05) is 6.17 Å². The molecule has 9 heteroatoms. The molecule has 0 bridgehead atoms. The Labute approximate surface area is 220 Å². The molecule has 4 rings (SSSR count). The van der Waals surface area contributed by atoms with Gasteiger partial charge >= 0.3 is 6.09 Å². The van der Waals surface area contributed by atoms with Gasteiger partial charge in [-0.3, -0.25) is 9.59 Å². The molecular formula is C26H32IN3O4Si. The number of nitrogens with zero attached hydrogens (tertiary/aromatic N) is 1. The predicted octanol–water partition coefficient (Wildman–Crippen LogP) is 4.12. The lowest BCUT2D eigenvalue weighted by Gasteiger charge is -2.31. The lowest BCUT2D eigenvalue weighted by Crippen LogP contribution is -2.54. The fourth-order valence-electron chi connectivity index (χ4n) is 5.31. The van der Waals surface area contributed by atoms with E-state index in [-0.39, 0.29) is 24.3 Å². The molecule has 2 aromatic rings. The van der Waals surface area contributed by atoms with Gasteiger partial charge in [-0.15, -0.1) is 0 Å². The number of rotatable bonds is 6. The van der Waals surface area contributed by atoms with Crippen LogP contribution < -0.4 is 10.6 Å². The summed E-state index contributed by atoms with van der Waals surface area (Å²) >= 11 is 2.21. The number of hydrogen-bond acceptors (Lipinski definition) is 3. The van der Waals surface area contributed by atoms with E-state index in [9.17, 15) is 19.5 Å². The van der Waals surface area contributed by atoms with Crippen molar-refractivity contribution >= 4 is 48.6 Å². The van der Waals surface area contributed by atoms with E-state index in [0.29, 0.717) is 12.2 Å². The summed E-state index contributed by atoms with van der Waals surface area (Å²) in [5.74, 6) is -0.463. The molecular weight excluding hydrogens is 573 g/mol. The molecule has 1 aliphatic heterocycles. The van der Waals surface area contributed by atoms with Crippen LogP contribution >= 0.6 is 22.6 Å². The Balaban J connectivity index is 1.54. The molecule has 3 atom stereocenters. The first-order valence-electron chi connectivity index (χ1n) is 12.1. The second-order valence-electron chi connectivity index (χ2n) is 10.3. The van der Waals surface area contributed by atoms with E-state index in [1.165, 1.54) is 5.56 Å². The topological polar surface area (TPSA) is 98.7 Å². The molecule has 1 saturated heterocycles. The van der Waals surface area contributed by atoms with Crippen molar-refractivity contribution in [3.05, 3.63) is 68.8 Å². The van der Waals surface area contributed by atoms with E-state index in [0.717, 1.165) is 34.0 Å². The molecule has 0 saturated carbocycles. The summed E-state index contributed by atoms with van der Waals surface area (Å²) < 4.78 is 1.06. The van der Waals surface area contributed by atoms with Gasteiger partial charge in [-0.2, -0.15) is 0 Å². The van der Waals surface area contributed by atoms with Crippen LogP contribution in [0.25, 0.3) is 0 Å². The van der Waals surface area contributed by atoms with Crippen LogP contribution in [0.1, 0.15) is 35.6 Å². The fraction of sp³-hybridized carbons (Fsp3) is 0.423. The maximum Gasteiger partial charge on any atom is 0.405 e. The van der Waals surface area contributed by atoms with E-state index in [2.05, 4.69) is 58.5 Å². The fourth-order valence-corrected chi connectivity index (χ4v) is 8.55. The zero-order chi connectivity index (χ0) is 25.2. The number of halogens is 1. The van der Waals surface area contributed by atoms with Crippen LogP contribution in [0.2, 0.25) is 19.1 Å². The molecule has 3 N–H and O–H groups in total. The first-order chi connectivity index (χ1) is 16.6. The smallest absolute Gasteiger partial charge is 0.405 e. The Morgan fingerprint density at radius 1 is 1.14 bits per heavy atom.